The van der Waals surface area contributed by atoms with Gasteiger partial charge in [-0.3, -0.25) is 9.20 Å². The van der Waals surface area contributed by atoms with Gasteiger partial charge in [0.1, 0.15) is 0 Å². The van der Waals surface area contributed by atoms with E-state index < -0.39 is 0 Å². The van der Waals surface area contributed by atoms with Gasteiger partial charge in [-0.2, -0.15) is 0 Å². The zero-order valence-electron chi connectivity index (χ0n) is 13.1. The highest BCUT2D eigenvalue weighted by molar-refractivity contribution is 7.15. The summed E-state index contributed by atoms with van der Waals surface area (Å²) in [6.07, 6.45) is 7.91. The van der Waals surface area contributed by atoms with E-state index in [-0.39, 0.29) is 5.91 Å². The van der Waals surface area contributed by atoms with Crippen LogP contribution in [0.15, 0.2) is 17.8 Å². The van der Waals surface area contributed by atoms with Gasteiger partial charge in [-0.1, -0.05) is 6.92 Å². The molecule has 0 radical (unpaired) electrons. The van der Waals surface area contributed by atoms with Crippen molar-refractivity contribution in [1.29, 1.82) is 0 Å². The smallest absolute Gasteiger partial charge is 0.226 e. The van der Waals surface area contributed by atoms with E-state index in [0.29, 0.717) is 6.42 Å². The molecular weight excluding hydrogens is 296 g/mol. The third kappa shape index (κ3) is 4.08. The van der Waals surface area contributed by atoms with Gasteiger partial charge in [0.15, 0.2) is 4.96 Å². The number of fused-ring (bicyclic) bond motifs is 1. The molecule has 0 bridgehead atoms. The monoisotopic (exact) mass is 320 g/mol. The van der Waals surface area contributed by atoms with Crippen LogP contribution in [0.25, 0.3) is 4.96 Å². The Hall–Kier alpha value is -1.40. The minimum absolute atomic E-state index is 0.0676. The molecule has 1 N–H and O–H groups in total. The number of piperidine rings is 1. The number of carbonyl (C=O) groups excluding carboxylic acids is 1. The second kappa shape index (κ2) is 7.24. The molecule has 0 spiro atoms. The van der Waals surface area contributed by atoms with Crippen LogP contribution in [-0.2, 0) is 11.2 Å². The van der Waals surface area contributed by atoms with Crippen LogP contribution in [0.3, 0.4) is 0 Å². The van der Waals surface area contributed by atoms with Gasteiger partial charge in [0, 0.05) is 24.3 Å². The van der Waals surface area contributed by atoms with E-state index in [9.17, 15) is 4.79 Å². The molecule has 5 nitrogen and oxygen atoms in total. The Balaban J connectivity index is 1.33. The molecule has 22 heavy (non-hydrogen) atoms. The van der Waals surface area contributed by atoms with Crippen molar-refractivity contribution < 1.29 is 4.79 Å². The first-order valence-corrected chi connectivity index (χ1v) is 8.99. The van der Waals surface area contributed by atoms with Gasteiger partial charge in [-0.15, -0.1) is 11.3 Å². The fourth-order valence-electron chi connectivity index (χ4n) is 2.90. The molecule has 6 heteroatoms. The lowest BCUT2D eigenvalue weighted by Gasteiger charge is -2.30. The van der Waals surface area contributed by atoms with Crippen molar-refractivity contribution in [2.24, 2.45) is 5.92 Å². The Kier molecular flexibility index (Phi) is 5.10. The zero-order valence-corrected chi connectivity index (χ0v) is 13.9. The van der Waals surface area contributed by atoms with Crippen molar-refractivity contribution in [3.63, 3.8) is 0 Å². The molecule has 0 atom stereocenters. The molecule has 1 amide bonds. The third-order valence-electron chi connectivity index (χ3n) is 4.33. The summed E-state index contributed by atoms with van der Waals surface area (Å²) in [6.45, 7) is 6.60. The number of rotatable bonds is 6. The van der Waals surface area contributed by atoms with E-state index in [4.69, 9.17) is 0 Å². The van der Waals surface area contributed by atoms with Crippen LogP contribution in [0, 0.1) is 5.92 Å². The summed E-state index contributed by atoms with van der Waals surface area (Å²) < 4.78 is 1.96. The lowest BCUT2D eigenvalue weighted by Crippen LogP contribution is -2.35. The molecule has 0 aromatic carbocycles. The zero-order chi connectivity index (χ0) is 15.4. The van der Waals surface area contributed by atoms with Gasteiger partial charge >= 0.3 is 0 Å². The minimum Gasteiger partial charge on any atom is -0.356 e. The highest BCUT2D eigenvalue weighted by Crippen LogP contribution is 2.15. The van der Waals surface area contributed by atoms with Gasteiger partial charge in [-0.05, 0) is 44.8 Å². The first kappa shape index (κ1) is 15.5. The fourth-order valence-corrected chi connectivity index (χ4v) is 3.62. The van der Waals surface area contributed by atoms with Crippen LogP contribution in [-0.4, -0.2) is 46.4 Å². The molecule has 3 heterocycles. The predicted octanol–water partition coefficient (Wildman–Crippen LogP) is 2.18. The highest BCUT2D eigenvalue weighted by atomic mass is 32.1. The van der Waals surface area contributed by atoms with Crippen molar-refractivity contribution in [3.05, 3.63) is 23.5 Å². The van der Waals surface area contributed by atoms with Crippen LogP contribution in [0.5, 0.6) is 0 Å². The van der Waals surface area contributed by atoms with E-state index in [1.807, 2.05) is 22.2 Å². The largest absolute Gasteiger partial charge is 0.356 e. The SMILES string of the molecule is CC1CCN(CCCNC(=O)Cc2cn3ccsc3n2)CC1. The molecule has 1 fully saturated rings. The average molecular weight is 320 g/mol. The molecule has 1 aliphatic heterocycles. The van der Waals surface area contributed by atoms with Gasteiger partial charge in [0.2, 0.25) is 5.91 Å². The first-order chi connectivity index (χ1) is 10.7. The van der Waals surface area contributed by atoms with Crippen molar-refractivity contribution in [2.45, 2.75) is 32.6 Å². The van der Waals surface area contributed by atoms with Gasteiger partial charge in [0.25, 0.3) is 0 Å². The Morgan fingerprint density at radius 2 is 2.27 bits per heavy atom. The van der Waals surface area contributed by atoms with E-state index in [1.165, 1.54) is 25.9 Å². The number of hydrogen-bond donors (Lipinski definition) is 1. The molecule has 0 aliphatic carbocycles. The number of nitrogens with one attached hydrogen (secondary N) is 1. The Labute approximate surface area is 135 Å². The highest BCUT2D eigenvalue weighted by Gasteiger charge is 2.15. The number of imidazole rings is 1. The van der Waals surface area contributed by atoms with Crippen LogP contribution < -0.4 is 5.32 Å². The van der Waals surface area contributed by atoms with Crippen LogP contribution >= 0.6 is 11.3 Å². The summed E-state index contributed by atoms with van der Waals surface area (Å²) in [5.41, 5.74) is 0.842. The van der Waals surface area contributed by atoms with Crippen molar-refractivity contribution in [3.8, 4) is 0 Å². The second-order valence-corrected chi connectivity index (χ2v) is 7.10. The molecule has 1 saturated heterocycles. The normalized spacial score (nSPS) is 17.1. The Morgan fingerprint density at radius 1 is 1.45 bits per heavy atom. The number of aromatic nitrogens is 2. The number of nitrogens with zero attached hydrogens (tertiary/aromatic N) is 3. The summed E-state index contributed by atoms with van der Waals surface area (Å²) in [6, 6.07) is 0. The quantitative estimate of drug-likeness (QED) is 0.830. The molecule has 1 aliphatic rings. The molecule has 0 unspecified atom stereocenters. The maximum Gasteiger partial charge on any atom is 0.226 e. The van der Waals surface area contributed by atoms with Crippen LogP contribution in [0.1, 0.15) is 31.9 Å². The standard InChI is InChI=1S/C16H24N4OS/c1-13-3-7-19(8-4-13)6-2-5-17-15(21)11-14-12-20-9-10-22-16(20)18-14/h9-10,12-13H,2-8,11H2,1H3,(H,17,21). The van der Waals surface area contributed by atoms with Gasteiger partial charge in [-0.25, -0.2) is 4.98 Å². The lowest BCUT2D eigenvalue weighted by molar-refractivity contribution is -0.120. The summed E-state index contributed by atoms with van der Waals surface area (Å²) in [5, 5.41) is 5.00. The number of likely N-dealkylation sites (tertiary alicyclic amines) is 1. The van der Waals surface area contributed by atoms with E-state index >= 15 is 0 Å². The van der Waals surface area contributed by atoms with Crippen LogP contribution in [0.2, 0.25) is 0 Å². The molecular formula is C16H24N4OS. The molecule has 0 saturated carbocycles. The fraction of sp³-hybridized carbons (Fsp3) is 0.625. The first-order valence-electron chi connectivity index (χ1n) is 8.11. The van der Waals surface area contributed by atoms with E-state index in [0.717, 1.165) is 36.1 Å². The topological polar surface area (TPSA) is 49.6 Å². The van der Waals surface area contributed by atoms with Crippen LogP contribution in [0.4, 0.5) is 0 Å². The van der Waals surface area contributed by atoms with Crippen molar-refractivity contribution in [1.82, 2.24) is 19.6 Å². The lowest BCUT2D eigenvalue weighted by atomic mass is 9.99. The second-order valence-electron chi connectivity index (χ2n) is 6.23. The molecule has 2 aromatic heterocycles. The molecule has 3 rings (SSSR count). The maximum absolute atomic E-state index is 11.9. The van der Waals surface area contributed by atoms with E-state index in [2.05, 4.69) is 22.1 Å². The number of amides is 1. The maximum atomic E-state index is 11.9. The Morgan fingerprint density at radius 3 is 3.05 bits per heavy atom. The summed E-state index contributed by atoms with van der Waals surface area (Å²) in [5.74, 6) is 0.943. The van der Waals surface area contributed by atoms with Gasteiger partial charge < -0.3 is 10.2 Å². The Bertz CT molecular complexity index is 584. The summed E-state index contributed by atoms with van der Waals surface area (Å²) in [4.78, 5) is 19.8. The van der Waals surface area contributed by atoms with Gasteiger partial charge in [0.05, 0.1) is 12.1 Å². The molecule has 120 valence electrons. The number of hydrogen-bond acceptors (Lipinski definition) is 4. The predicted molar refractivity (Wildman–Crippen MR) is 89.2 cm³/mol. The molecule has 2 aromatic rings. The van der Waals surface area contributed by atoms with E-state index in [1.54, 1.807) is 11.3 Å². The minimum atomic E-state index is 0.0676. The summed E-state index contributed by atoms with van der Waals surface area (Å²) in [7, 11) is 0. The number of carbonyl (C=O) groups is 1. The summed E-state index contributed by atoms with van der Waals surface area (Å²) >= 11 is 1.59. The third-order valence-corrected chi connectivity index (χ3v) is 5.11. The van der Waals surface area contributed by atoms with Crippen molar-refractivity contribution in [2.75, 3.05) is 26.2 Å². The van der Waals surface area contributed by atoms with Crippen molar-refractivity contribution >= 4 is 22.2 Å². The number of thiazole rings is 1. The average Bonchev–Trinajstić information content (AvgIpc) is 3.06.